The molecule has 0 aliphatic heterocycles. The van der Waals surface area contributed by atoms with Crippen LogP contribution in [0.5, 0.6) is 5.75 Å². The largest absolute Gasteiger partial charge is 0.484 e. The molecule has 33 heavy (non-hydrogen) atoms. The Bertz CT molecular complexity index is 1320. The fourth-order valence-electron chi connectivity index (χ4n) is 3.51. The first kappa shape index (κ1) is 22.1. The molecule has 0 aliphatic carbocycles. The van der Waals surface area contributed by atoms with Gasteiger partial charge in [0.15, 0.2) is 17.2 Å². The van der Waals surface area contributed by atoms with E-state index in [9.17, 15) is 14.0 Å². The van der Waals surface area contributed by atoms with Crippen LogP contribution < -0.4 is 4.74 Å². The van der Waals surface area contributed by atoms with Gasteiger partial charge in [-0.25, -0.2) is 14.2 Å². The molecular formula is C26H21FN2O4. The number of halogens is 1. The van der Waals surface area contributed by atoms with Crippen LogP contribution in [0.4, 0.5) is 4.39 Å². The van der Waals surface area contributed by atoms with Gasteiger partial charge >= 0.3 is 5.97 Å². The molecule has 2 aromatic carbocycles. The van der Waals surface area contributed by atoms with Gasteiger partial charge in [-0.3, -0.25) is 9.78 Å². The first-order valence-electron chi connectivity index (χ1n) is 10.3. The van der Waals surface area contributed by atoms with Crippen LogP contribution in [0, 0.1) is 5.82 Å². The maximum Gasteiger partial charge on any atom is 0.360 e. The van der Waals surface area contributed by atoms with Gasteiger partial charge in [-0.2, -0.15) is 0 Å². The molecule has 0 N–H and O–H groups in total. The number of carbonyl (C=O) groups is 2. The van der Waals surface area contributed by atoms with Gasteiger partial charge in [0.05, 0.1) is 7.11 Å². The Morgan fingerprint density at radius 1 is 0.939 bits per heavy atom. The third-order valence-corrected chi connectivity index (χ3v) is 5.11. The highest BCUT2D eigenvalue weighted by Gasteiger charge is 2.24. The summed E-state index contributed by atoms with van der Waals surface area (Å²) >= 11 is 0. The third kappa shape index (κ3) is 4.87. The summed E-state index contributed by atoms with van der Waals surface area (Å²) in [7, 11) is 1.24. The molecule has 6 nitrogen and oxygen atoms in total. The number of ether oxygens (including phenoxy) is 2. The van der Waals surface area contributed by atoms with Gasteiger partial charge in [0.1, 0.15) is 23.6 Å². The number of fused-ring (bicyclic) bond motifs is 1. The molecule has 0 aliphatic rings. The molecule has 0 bridgehead atoms. The molecule has 0 fully saturated rings. The maximum absolute atomic E-state index is 13.2. The fraction of sp³-hybridized carbons (Fsp3) is 0.154. The van der Waals surface area contributed by atoms with Crippen LogP contribution in [0.25, 0.3) is 10.9 Å². The average molecular weight is 444 g/mol. The Morgan fingerprint density at radius 3 is 2.33 bits per heavy atom. The van der Waals surface area contributed by atoms with Gasteiger partial charge in [-0.1, -0.05) is 42.5 Å². The molecular weight excluding hydrogens is 423 g/mol. The Kier molecular flexibility index (Phi) is 6.40. The summed E-state index contributed by atoms with van der Waals surface area (Å²) in [5, 5.41) is 0.470. The van der Waals surface area contributed by atoms with Crippen LogP contribution in [-0.4, -0.2) is 28.8 Å². The van der Waals surface area contributed by atoms with E-state index in [0.717, 1.165) is 16.7 Å². The van der Waals surface area contributed by atoms with E-state index in [2.05, 4.69) is 9.97 Å². The van der Waals surface area contributed by atoms with Crippen LogP contribution in [0.15, 0.2) is 66.9 Å². The van der Waals surface area contributed by atoms with Gasteiger partial charge in [-0.05, 0) is 41.3 Å². The SMILES string of the molecule is COC(=O)c1nc(C(C)=O)c2cc(Cc3ccc(F)cc3)cnc2c1OCc1ccccc1. The topological polar surface area (TPSA) is 78.4 Å². The second kappa shape index (κ2) is 9.56. The first-order valence-corrected chi connectivity index (χ1v) is 10.3. The lowest BCUT2D eigenvalue weighted by Crippen LogP contribution is -2.13. The summed E-state index contributed by atoms with van der Waals surface area (Å²) < 4.78 is 24.1. The lowest BCUT2D eigenvalue weighted by Gasteiger charge is -2.15. The van der Waals surface area contributed by atoms with Crippen molar-refractivity contribution in [1.29, 1.82) is 0 Å². The number of rotatable bonds is 7. The zero-order chi connectivity index (χ0) is 23.4. The fourth-order valence-corrected chi connectivity index (χ4v) is 3.51. The highest BCUT2D eigenvalue weighted by Crippen LogP contribution is 2.32. The summed E-state index contributed by atoms with van der Waals surface area (Å²) in [6.07, 6.45) is 2.13. The number of hydrogen-bond donors (Lipinski definition) is 0. The van der Waals surface area contributed by atoms with E-state index in [1.807, 2.05) is 30.3 Å². The molecule has 0 radical (unpaired) electrons. The molecule has 4 aromatic rings. The number of ketones is 1. The van der Waals surface area contributed by atoms with E-state index in [1.54, 1.807) is 24.4 Å². The lowest BCUT2D eigenvalue weighted by molar-refractivity contribution is 0.0588. The third-order valence-electron chi connectivity index (χ3n) is 5.11. The van der Waals surface area contributed by atoms with Crippen molar-refractivity contribution < 1.29 is 23.5 Å². The Balaban J connectivity index is 1.82. The predicted molar refractivity (Wildman–Crippen MR) is 121 cm³/mol. The normalized spacial score (nSPS) is 10.8. The molecule has 2 heterocycles. The maximum atomic E-state index is 13.2. The zero-order valence-electron chi connectivity index (χ0n) is 18.2. The summed E-state index contributed by atoms with van der Waals surface area (Å²) in [6, 6.07) is 17.4. The molecule has 7 heteroatoms. The minimum absolute atomic E-state index is 0.103. The molecule has 0 unspecified atom stereocenters. The molecule has 0 amide bonds. The minimum atomic E-state index is -0.723. The number of pyridine rings is 2. The van der Waals surface area contributed by atoms with Crippen LogP contribution in [0.1, 0.15) is 44.6 Å². The van der Waals surface area contributed by atoms with E-state index in [-0.39, 0.29) is 35.3 Å². The smallest absolute Gasteiger partial charge is 0.360 e. The van der Waals surface area contributed by atoms with E-state index < -0.39 is 5.97 Å². The van der Waals surface area contributed by atoms with Crippen molar-refractivity contribution >= 4 is 22.7 Å². The van der Waals surface area contributed by atoms with Gasteiger partial charge in [0.25, 0.3) is 0 Å². The highest BCUT2D eigenvalue weighted by molar-refractivity contribution is 6.09. The summed E-state index contributed by atoms with van der Waals surface area (Å²) in [5.41, 5.74) is 2.93. The number of esters is 1. The van der Waals surface area contributed by atoms with E-state index in [4.69, 9.17) is 9.47 Å². The van der Waals surface area contributed by atoms with Crippen molar-refractivity contribution in [1.82, 2.24) is 9.97 Å². The van der Waals surface area contributed by atoms with Crippen molar-refractivity contribution in [3.8, 4) is 5.75 Å². The number of hydrogen-bond acceptors (Lipinski definition) is 6. The molecule has 2 aromatic heterocycles. The Hall–Kier alpha value is -4.13. The van der Waals surface area contributed by atoms with Crippen LogP contribution in [0.3, 0.4) is 0 Å². The van der Waals surface area contributed by atoms with E-state index in [0.29, 0.717) is 17.3 Å². The molecule has 0 saturated heterocycles. The minimum Gasteiger partial charge on any atom is -0.484 e. The quantitative estimate of drug-likeness (QED) is 0.297. The number of carbonyl (C=O) groups excluding carboxylic acids is 2. The standard InChI is InChI=1S/C26H21FN2O4/c1-16(30)22-21-13-19(12-17-8-10-20(27)11-9-17)14-28-23(21)25(24(29-22)26(31)32-2)33-15-18-6-4-3-5-7-18/h3-11,13-14H,12,15H2,1-2H3. The second-order valence-corrected chi connectivity index (χ2v) is 7.50. The lowest BCUT2D eigenvalue weighted by atomic mass is 10.0. The summed E-state index contributed by atoms with van der Waals surface area (Å²) in [6.45, 7) is 1.56. The molecule has 0 saturated carbocycles. The number of Topliss-reactive ketones (excluding diaryl/α,β-unsaturated/α-hetero) is 1. The Morgan fingerprint density at radius 2 is 1.67 bits per heavy atom. The molecule has 166 valence electrons. The van der Waals surface area contributed by atoms with Gasteiger partial charge < -0.3 is 9.47 Å². The van der Waals surface area contributed by atoms with Crippen LogP contribution >= 0.6 is 0 Å². The second-order valence-electron chi connectivity index (χ2n) is 7.50. The average Bonchev–Trinajstić information content (AvgIpc) is 2.83. The zero-order valence-corrected chi connectivity index (χ0v) is 18.2. The Labute approximate surface area is 190 Å². The monoisotopic (exact) mass is 444 g/mol. The summed E-state index contributed by atoms with van der Waals surface area (Å²) in [5.74, 6) is -1.20. The van der Waals surface area contributed by atoms with Crippen LogP contribution in [-0.2, 0) is 17.8 Å². The molecule has 0 spiro atoms. The van der Waals surface area contributed by atoms with Crippen molar-refractivity contribution in [2.45, 2.75) is 20.0 Å². The van der Waals surface area contributed by atoms with Crippen molar-refractivity contribution in [2.24, 2.45) is 0 Å². The number of nitrogens with zero attached hydrogens (tertiary/aromatic N) is 2. The van der Waals surface area contributed by atoms with Gasteiger partial charge in [-0.15, -0.1) is 0 Å². The highest BCUT2D eigenvalue weighted by atomic mass is 19.1. The van der Waals surface area contributed by atoms with Crippen LogP contribution in [0.2, 0.25) is 0 Å². The molecule has 0 atom stereocenters. The number of benzene rings is 2. The number of methoxy groups -OCH3 is 1. The van der Waals surface area contributed by atoms with Crippen molar-refractivity contribution in [3.63, 3.8) is 0 Å². The summed E-state index contributed by atoms with van der Waals surface area (Å²) in [4.78, 5) is 33.7. The number of aromatic nitrogens is 2. The van der Waals surface area contributed by atoms with Crippen molar-refractivity contribution in [3.05, 3.63) is 101 Å². The van der Waals surface area contributed by atoms with E-state index in [1.165, 1.54) is 26.2 Å². The predicted octanol–water partition coefficient (Wildman–Crippen LogP) is 4.93. The molecule has 4 rings (SSSR count). The van der Waals surface area contributed by atoms with Gasteiger partial charge in [0, 0.05) is 18.5 Å². The first-order chi connectivity index (χ1) is 16.0. The van der Waals surface area contributed by atoms with Crippen molar-refractivity contribution in [2.75, 3.05) is 7.11 Å². The van der Waals surface area contributed by atoms with E-state index >= 15 is 0 Å². The van der Waals surface area contributed by atoms with Gasteiger partial charge in [0.2, 0.25) is 0 Å².